The molecule has 14 heavy (non-hydrogen) atoms. The lowest BCUT2D eigenvalue weighted by molar-refractivity contribution is 0.710. The molecule has 1 unspecified atom stereocenters. The first kappa shape index (κ1) is 8.87. The predicted octanol–water partition coefficient (Wildman–Crippen LogP) is 1.55. The van der Waals surface area contributed by atoms with Gasteiger partial charge >= 0.3 is 0 Å². The minimum atomic E-state index is 0.351. The summed E-state index contributed by atoms with van der Waals surface area (Å²) in [5, 5.41) is 10.5. The zero-order valence-electron chi connectivity index (χ0n) is 8.01. The Labute approximate surface area is 82.4 Å². The predicted molar refractivity (Wildman–Crippen MR) is 52.7 cm³/mol. The van der Waals surface area contributed by atoms with E-state index in [1.54, 1.807) is 6.20 Å². The highest BCUT2D eigenvalue weighted by molar-refractivity contribution is 5.09. The van der Waals surface area contributed by atoms with Crippen molar-refractivity contribution in [3.05, 3.63) is 42.0 Å². The van der Waals surface area contributed by atoms with Gasteiger partial charge in [-0.2, -0.15) is 15.4 Å². The Morgan fingerprint density at radius 3 is 3.00 bits per heavy atom. The zero-order valence-corrected chi connectivity index (χ0v) is 8.01. The number of nitrogens with zero attached hydrogens (tertiary/aromatic N) is 3. The number of aromatic nitrogens is 4. The highest BCUT2D eigenvalue weighted by Crippen LogP contribution is 2.15. The van der Waals surface area contributed by atoms with E-state index in [4.69, 9.17) is 0 Å². The standard InChI is InChI=1S/C10H12N4/c1-8(10-7-12-14-13-10)6-9-4-2-3-5-11-9/h2-5,7-8H,6H2,1H3,(H,12,13,14). The van der Waals surface area contributed by atoms with E-state index in [9.17, 15) is 0 Å². The van der Waals surface area contributed by atoms with Crippen LogP contribution in [0.4, 0.5) is 0 Å². The topological polar surface area (TPSA) is 54.5 Å². The van der Waals surface area contributed by atoms with E-state index in [2.05, 4.69) is 27.3 Å². The van der Waals surface area contributed by atoms with Gasteiger partial charge in [0, 0.05) is 17.8 Å². The van der Waals surface area contributed by atoms with Crippen molar-refractivity contribution in [3.8, 4) is 0 Å². The third-order valence-electron chi connectivity index (χ3n) is 2.18. The molecule has 2 aromatic heterocycles. The van der Waals surface area contributed by atoms with Crippen LogP contribution < -0.4 is 0 Å². The molecule has 0 bridgehead atoms. The fourth-order valence-electron chi connectivity index (χ4n) is 1.39. The Bertz CT molecular complexity index is 368. The summed E-state index contributed by atoms with van der Waals surface area (Å²) in [6, 6.07) is 5.94. The van der Waals surface area contributed by atoms with Gasteiger partial charge in [-0.05, 0) is 18.6 Å². The molecule has 2 rings (SSSR count). The van der Waals surface area contributed by atoms with Gasteiger partial charge < -0.3 is 0 Å². The minimum absolute atomic E-state index is 0.351. The lowest BCUT2D eigenvalue weighted by Crippen LogP contribution is -2.00. The fourth-order valence-corrected chi connectivity index (χ4v) is 1.39. The third-order valence-corrected chi connectivity index (χ3v) is 2.18. The summed E-state index contributed by atoms with van der Waals surface area (Å²) in [4.78, 5) is 4.27. The van der Waals surface area contributed by atoms with Crippen molar-refractivity contribution in [2.45, 2.75) is 19.3 Å². The molecule has 0 amide bonds. The van der Waals surface area contributed by atoms with Crippen LogP contribution in [0.5, 0.6) is 0 Å². The smallest absolute Gasteiger partial charge is 0.0856 e. The first-order valence-electron chi connectivity index (χ1n) is 4.62. The SMILES string of the molecule is CC(Cc1ccccn1)c1cn[nH]n1. The summed E-state index contributed by atoms with van der Waals surface area (Å²) in [6.45, 7) is 2.12. The Morgan fingerprint density at radius 1 is 1.43 bits per heavy atom. The van der Waals surface area contributed by atoms with Gasteiger partial charge in [0.1, 0.15) is 0 Å². The van der Waals surface area contributed by atoms with Gasteiger partial charge in [-0.25, -0.2) is 0 Å². The van der Waals surface area contributed by atoms with Crippen molar-refractivity contribution in [3.63, 3.8) is 0 Å². The molecule has 4 nitrogen and oxygen atoms in total. The van der Waals surface area contributed by atoms with Gasteiger partial charge in [-0.15, -0.1) is 0 Å². The number of H-pyrrole nitrogens is 1. The average Bonchev–Trinajstić information content (AvgIpc) is 2.72. The van der Waals surface area contributed by atoms with E-state index >= 15 is 0 Å². The van der Waals surface area contributed by atoms with Gasteiger partial charge in [0.05, 0.1) is 11.9 Å². The molecule has 0 saturated heterocycles. The Kier molecular flexibility index (Phi) is 2.53. The lowest BCUT2D eigenvalue weighted by Gasteiger charge is -2.06. The maximum Gasteiger partial charge on any atom is 0.0856 e. The van der Waals surface area contributed by atoms with E-state index in [1.807, 2.05) is 24.4 Å². The molecule has 0 radical (unpaired) electrons. The van der Waals surface area contributed by atoms with Crippen LogP contribution in [0.25, 0.3) is 0 Å². The van der Waals surface area contributed by atoms with E-state index in [0.29, 0.717) is 5.92 Å². The van der Waals surface area contributed by atoms with Crippen LogP contribution in [-0.2, 0) is 6.42 Å². The largest absolute Gasteiger partial charge is 0.261 e. The van der Waals surface area contributed by atoms with E-state index in [-0.39, 0.29) is 0 Å². The van der Waals surface area contributed by atoms with Crippen molar-refractivity contribution in [2.24, 2.45) is 0 Å². The number of hydrogen-bond donors (Lipinski definition) is 1. The molecule has 0 spiro atoms. The first-order chi connectivity index (χ1) is 6.86. The van der Waals surface area contributed by atoms with E-state index in [1.165, 1.54) is 0 Å². The average molecular weight is 188 g/mol. The molecule has 72 valence electrons. The maximum absolute atomic E-state index is 4.27. The molecule has 1 atom stereocenters. The molecule has 4 heteroatoms. The number of hydrogen-bond acceptors (Lipinski definition) is 3. The van der Waals surface area contributed by atoms with Gasteiger partial charge in [0.15, 0.2) is 0 Å². The molecule has 0 fully saturated rings. The molecule has 0 saturated carbocycles. The second-order valence-electron chi connectivity index (χ2n) is 3.32. The van der Waals surface area contributed by atoms with Gasteiger partial charge in [0.25, 0.3) is 0 Å². The Hall–Kier alpha value is -1.71. The molecule has 0 aromatic carbocycles. The summed E-state index contributed by atoms with van der Waals surface area (Å²) in [5.74, 6) is 0.351. The van der Waals surface area contributed by atoms with Crippen molar-refractivity contribution in [1.29, 1.82) is 0 Å². The lowest BCUT2D eigenvalue weighted by atomic mass is 10.0. The van der Waals surface area contributed by atoms with Crippen molar-refractivity contribution in [1.82, 2.24) is 20.4 Å². The second kappa shape index (κ2) is 4.00. The van der Waals surface area contributed by atoms with Crippen molar-refractivity contribution >= 4 is 0 Å². The summed E-state index contributed by atoms with van der Waals surface area (Å²) in [7, 11) is 0. The van der Waals surface area contributed by atoms with Crippen LogP contribution in [0.15, 0.2) is 30.6 Å². The molecule has 1 N–H and O–H groups in total. The fraction of sp³-hybridized carbons (Fsp3) is 0.300. The molecule has 2 heterocycles. The maximum atomic E-state index is 4.27. The highest BCUT2D eigenvalue weighted by atomic mass is 15.3. The van der Waals surface area contributed by atoms with Crippen LogP contribution in [0.2, 0.25) is 0 Å². The number of pyridine rings is 1. The van der Waals surface area contributed by atoms with Crippen LogP contribution in [0, 0.1) is 0 Å². The second-order valence-corrected chi connectivity index (χ2v) is 3.32. The summed E-state index contributed by atoms with van der Waals surface area (Å²) in [6.07, 6.45) is 4.46. The summed E-state index contributed by atoms with van der Waals surface area (Å²) >= 11 is 0. The van der Waals surface area contributed by atoms with Crippen molar-refractivity contribution < 1.29 is 0 Å². The number of aromatic amines is 1. The van der Waals surface area contributed by atoms with Gasteiger partial charge in [0.2, 0.25) is 0 Å². The van der Waals surface area contributed by atoms with E-state index in [0.717, 1.165) is 17.8 Å². The third kappa shape index (κ3) is 1.96. The highest BCUT2D eigenvalue weighted by Gasteiger charge is 2.09. The number of rotatable bonds is 3. The Balaban J connectivity index is 2.06. The van der Waals surface area contributed by atoms with Crippen LogP contribution >= 0.6 is 0 Å². The van der Waals surface area contributed by atoms with Crippen molar-refractivity contribution in [2.75, 3.05) is 0 Å². The molecular formula is C10H12N4. The molecule has 2 aromatic rings. The summed E-state index contributed by atoms with van der Waals surface area (Å²) < 4.78 is 0. The van der Waals surface area contributed by atoms with Gasteiger partial charge in [-0.1, -0.05) is 13.0 Å². The van der Waals surface area contributed by atoms with Crippen LogP contribution in [-0.4, -0.2) is 20.4 Å². The minimum Gasteiger partial charge on any atom is -0.261 e. The zero-order chi connectivity index (χ0) is 9.80. The molecule has 0 aliphatic rings. The monoisotopic (exact) mass is 188 g/mol. The molecular weight excluding hydrogens is 176 g/mol. The van der Waals surface area contributed by atoms with Crippen LogP contribution in [0.3, 0.4) is 0 Å². The van der Waals surface area contributed by atoms with Gasteiger partial charge in [-0.3, -0.25) is 4.98 Å². The molecule has 0 aliphatic heterocycles. The summed E-state index contributed by atoms with van der Waals surface area (Å²) in [5.41, 5.74) is 2.07. The Morgan fingerprint density at radius 2 is 2.36 bits per heavy atom. The first-order valence-corrected chi connectivity index (χ1v) is 4.62. The molecule has 0 aliphatic carbocycles. The normalized spacial score (nSPS) is 12.6. The van der Waals surface area contributed by atoms with E-state index < -0.39 is 0 Å². The van der Waals surface area contributed by atoms with Crippen LogP contribution in [0.1, 0.15) is 24.2 Å². The number of nitrogens with one attached hydrogen (secondary N) is 1. The quantitative estimate of drug-likeness (QED) is 0.795.